The van der Waals surface area contributed by atoms with E-state index in [0.717, 1.165) is 18.9 Å². The van der Waals surface area contributed by atoms with Gasteiger partial charge in [0.1, 0.15) is 0 Å². The highest BCUT2D eigenvalue weighted by Gasteiger charge is 2.18. The lowest BCUT2D eigenvalue weighted by atomic mass is 9.87. The van der Waals surface area contributed by atoms with E-state index in [1.165, 1.54) is 19.3 Å². The predicted molar refractivity (Wildman–Crippen MR) is 49.1 cm³/mol. The molecule has 2 N–H and O–H groups in total. The van der Waals surface area contributed by atoms with Gasteiger partial charge in [-0.1, -0.05) is 6.42 Å². The average molecular weight is 180 g/mol. The van der Waals surface area contributed by atoms with Crippen LogP contribution < -0.4 is 5.73 Å². The third-order valence-corrected chi connectivity index (χ3v) is 2.23. The third kappa shape index (κ3) is 3.94. The van der Waals surface area contributed by atoms with Gasteiger partial charge in [0.25, 0.3) is 0 Å². The van der Waals surface area contributed by atoms with Crippen LogP contribution in [-0.2, 0) is 4.74 Å². The van der Waals surface area contributed by atoms with Crippen LogP contribution in [0.3, 0.4) is 0 Å². The fourth-order valence-electron chi connectivity index (χ4n) is 1.72. The second-order valence-corrected chi connectivity index (χ2v) is 3.25. The summed E-state index contributed by atoms with van der Waals surface area (Å²) < 4.78 is 5.07. The fraction of sp³-hybridized carbons (Fsp3) is 1.00. The zero-order valence-corrected chi connectivity index (χ0v) is 7.90. The third-order valence-electron chi connectivity index (χ3n) is 2.23. The van der Waals surface area contributed by atoms with Gasteiger partial charge in [0, 0.05) is 19.8 Å². The minimum atomic E-state index is 0. The molecule has 2 atom stereocenters. The molecule has 0 saturated heterocycles. The SMILES string of the molecule is COC[C@@H]1CCC[C@@H](N)C1.Cl. The summed E-state index contributed by atoms with van der Waals surface area (Å²) >= 11 is 0. The first-order valence-corrected chi connectivity index (χ1v) is 4.07. The van der Waals surface area contributed by atoms with Gasteiger partial charge in [-0.05, 0) is 25.2 Å². The molecule has 68 valence electrons. The Morgan fingerprint density at radius 1 is 1.45 bits per heavy atom. The van der Waals surface area contributed by atoms with Crippen LogP contribution >= 0.6 is 12.4 Å². The summed E-state index contributed by atoms with van der Waals surface area (Å²) in [4.78, 5) is 0. The van der Waals surface area contributed by atoms with Crippen LogP contribution in [0.1, 0.15) is 25.7 Å². The van der Waals surface area contributed by atoms with Crippen LogP contribution in [0.5, 0.6) is 0 Å². The van der Waals surface area contributed by atoms with E-state index in [9.17, 15) is 0 Å². The normalized spacial score (nSPS) is 31.1. The van der Waals surface area contributed by atoms with Gasteiger partial charge < -0.3 is 10.5 Å². The molecule has 0 heterocycles. The Balaban J connectivity index is 0.000001000. The first-order valence-electron chi connectivity index (χ1n) is 4.07. The van der Waals surface area contributed by atoms with E-state index in [2.05, 4.69) is 0 Å². The van der Waals surface area contributed by atoms with Gasteiger partial charge in [0.15, 0.2) is 0 Å². The molecule has 0 aromatic carbocycles. The summed E-state index contributed by atoms with van der Waals surface area (Å²) in [7, 11) is 1.76. The van der Waals surface area contributed by atoms with E-state index in [0.29, 0.717) is 6.04 Å². The average Bonchev–Trinajstić information content (AvgIpc) is 1.88. The summed E-state index contributed by atoms with van der Waals surface area (Å²) in [5, 5.41) is 0. The number of hydrogen-bond donors (Lipinski definition) is 1. The number of rotatable bonds is 2. The highest BCUT2D eigenvalue weighted by Crippen LogP contribution is 2.22. The molecule has 0 aromatic rings. The highest BCUT2D eigenvalue weighted by molar-refractivity contribution is 5.85. The first-order chi connectivity index (χ1) is 4.83. The quantitative estimate of drug-likeness (QED) is 0.699. The molecule has 0 spiro atoms. The Morgan fingerprint density at radius 3 is 2.73 bits per heavy atom. The van der Waals surface area contributed by atoms with E-state index >= 15 is 0 Å². The zero-order valence-electron chi connectivity index (χ0n) is 7.08. The number of methoxy groups -OCH3 is 1. The lowest BCUT2D eigenvalue weighted by molar-refractivity contribution is 0.126. The van der Waals surface area contributed by atoms with E-state index in [1.54, 1.807) is 7.11 Å². The van der Waals surface area contributed by atoms with Gasteiger partial charge >= 0.3 is 0 Å². The van der Waals surface area contributed by atoms with E-state index in [-0.39, 0.29) is 12.4 Å². The maximum absolute atomic E-state index is 5.80. The zero-order chi connectivity index (χ0) is 7.40. The minimum Gasteiger partial charge on any atom is -0.384 e. The molecule has 3 heteroatoms. The molecule has 0 unspecified atom stereocenters. The molecule has 1 rings (SSSR count). The van der Waals surface area contributed by atoms with Crippen LogP contribution in [-0.4, -0.2) is 19.8 Å². The largest absolute Gasteiger partial charge is 0.384 e. The Hall–Kier alpha value is 0.210. The standard InChI is InChI=1S/C8H17NO.ClH/c1-10-6-7-3-2-4-8(9)5-7;/h7-8H,2-6,9H2,1H3;1H/t7-,8-;/m1./s1. The van der Waals surface area contributed by atoms with Gasteiger partial charge in [-0.3, -0.25) is 0 Å². The van der Waals surface area contributed by atoms with Crippen molar-refractivity contribution < 1.29 is 4.74 Å². The summed E-state index contributed by atoms with van der Waals surface area (Å²) in [6.07, 6.45) is 4.96. The smallest absolute Gasteiger partial charge is 0.0491 e. The first kappa shape index (κ1) is 11.2. The van der Waals surface area contributed by atoms with E-state index in [1.807, 2.05) is 0 Å². The number of ether oxygens (including phenoxy) is 1. The molecule has 0 radical (unpaired) electrons. The van der Waals surface area contributed by atoms with Crippen molar-refractivity contribution in [2.75, 3.05) is 13.7 Å². The summed E-state index contributed by atoms with van der Waals surface area (Å²) in [5.41, 5.74) is 5.80. The van der Waals surface area contributed by atoms with Crippen molar-refractivity contribution in [1.29, 1.82) is 0 Å². The lowest BCUT2D eigenvalue weighted by Crippen LogP contribution is -2.29. The lowest BCUT2D eigenvalue weighted by Gasteiger charge is -2.25. The minimum absolute atomic E-state index is 0. The van der Waals surface area contributed by atoms with Crippen molar-refractivity contribution in [2.24, 2.45) is 11.7 Å². The second-order valence-electron chi connectivity index (χ2n) is 3.25. The van der Waals surface area contributed by atoms with Gasteiger partial charge in [-0.2, -0.15) is 0 Å². The van der Waals surface area contributed by atoms with Crippen molar-refractivity contribution >= 4 is 12.4 Å². The van der Waals surface area contributed by atoms with Crippen molar-refractivity contribution in [2.45, 2.75) is 31.7 Å². The topological polar surface area (TPSA) is 35.2 Å². The summed E-state index contributed by atoms with van der Waals surface area (Å²) in [6.45, 7) is 0.897. The van der Waals surface area contributed by atoms with Gasteiger partial charge in [0.05, 0.1) is 0 Å². The molecule has 0 bridgehead atoms. The molecule has 0 amide bonds. The highest BCUT2D eigenvalue weighted by atomic mass is 35.5. The molecule has 0 aromatic heterocycles. The van der Waals surface area contributed by atoms with Crippen LogP contribution in [0, 0.1) is 5.92 Å². The monoisotopic (exact) mass is 179 g/mol. The maximum Gasteiger partial charge on any atom is 0.0491 e. The van der Waals surface area contributed by atoms with E-state index in [4.69, 9.17) is 10.5 Å². The molecule has 1 aliphatic carbocycles. The van der Waals surface area contributed by atoms with Crippen LogP contribution in [0.15, 0.2) is 0 Å². The number of nitrogens with two attached hydrogens (primary N) is 1. The van der Waals surface area contributed by atoms with Gasteiger partial charge in [0.2, 0.25) is 0 Å². The number of halogens is 1. The Labute approximate surface area is 74.9 Å². The Kier molecular flexibility index (Phi) is 5.92. The molecule has 0 aliphatic heterocycles. The van der Waals surface area contributed by atoms with Crippen molar-refractivity contribution in [1.82, 2.24) is 0 Å². The van der Waals surface area contributed by atoms with Crippen LogP contribution in [0.25, 0.3) is 0 Å². The predicted octanol–water partition coefficient (Wildman–Crippen LogP) is 1.57. The molecule has 11 heavy (non-hydrogen) atoms. The van der Waals surface area contributed by atoms with Crippen LogP contribution in [0.4, 0.5) is 0 Å². The molecule has 1 saturated carbocycles. The van der Waals surface area contributed by atoms with E-state index < -0.39 is 0 Å². The fourth-order valence-corrected chi connectivity index (χ4v) is 1.72. The molecule has 1 aliphatic rings. The van der Waals surface area contributed by atoms with Crippen molar-refractivity contribution in [3.8, 4) is 0 Å². The summed E-state index contributed by atoms with van der Waals surface area (Å²) in [6, 6.07) is 0.439. The Morgan fingerprint density at radius 2 is 2.18 bits per heavy atom. The molecule has 1 fully saturated rings. The second kappa shape index (κ2) is 5.81. The summed E-state index contributed by atoms with van der Waals surface area (Å²) in [5.74, 6) is 0.730. The van der Waals surface area contributed by atoms with Crippen LogP contribution in [0.2, 0.25) is 0 Å². The van der Waals surface area contributed by atoms with Gasteiger partial charge in [-0.25, -0.2) is 0 Å². The van der Waals surface area contributed by atoms with Gasteiger partial charge in [-0.15, -0.1) is 12.4 Å². The van der Waals surface area contributed by atoms with Crippen molar-refractivity contribution in [3.63, 3.8) is 0 Å². The maximum atomic E-state index is 5.80. The molecular formula is C8H18ClNO. The Bertz CT molecular complexity index is 98.1. The molecule has 2 nitrogen and oxygen atoms in total. The number of hydrogen-bond acceptors (Lipinski definition) is 2. The molecular weight excluding hydrogens is 162 g/mol. The van der Waals surface area contributed by atoms with Crippen molar-refractivity contribution in [3.05, 3.63) is 0 Å².